The fourth-order valence-electron chi connectivity index (χ4n) is 1.85. The number of ketones is 1. The second-order valence-corrected chi connectivity index (χ2v) is 4.72. The zero-order chi connectivity index (χ0) is 17.0. The zero-order valence-corrected chi connectivity index (χ0v) is 12.5. The van der Waals surface area contributed by atoms with Crippen LogP contribution in [-0.4, -0.2) is 22.0 Å². The van der Waals surface area contributed by atoms with Crippen LogP contribution in [0, 0.1) is 18.3 Å². The number of anilines is 1. The molecule has 2 aromatic rings. The molecule has 2 N–H and O–H groups in total. The van der Waals surface area contributed by atoms with Gasteiger partial charge in [-0.1, -0.05) is 5.16 Å². The molecule has 0 saturated carbocycles. The molecular weight excluding hydrogens is 298 g/mol. The highest BCUT2D eigenvalue weighted by Crippen LogP contribution is 2.20. The van der Waals surface area contributed by atoms with Crippen molar-refractivity contribution in [2.45, 2.75) is 13.8 Å². The number of benzene rings is 1. The summed E-state index contributed by atoms with van der Waals surface area (Å²) >= 11 is 0. The summed E-state index contributed by atoms with van der Waals surface area (Å²) in [4.78, 5) is 23.3. The number of aliphatic hydroxyl groups excluding tert-OH is 1. The van der Waals surface area contributed by atoms with Gasteiger partial charge in [-0.05, 0) is 38.1 Å². The lowest BCUT2D eigenvalue weighted by Crippen LogP contribution is -2.15. The van der Waals surface area contributed by atoms with Gasteiger partial charge < -0.3 is 14.9 Å². The normalized spacial score (nSPS) is 11.3. The summed E-state index contributed by atoms with van der Waals surface area (Å²) in [6.45, 7) is 2.98. The van der Waals surface area contributed by atoms with Gasteiger partial charge in [0, 0.05) is 11.3 Å². The number of nitriles is 1. The average molecular weight is 311 g/mol. The second-order valence-electron chi connectivity index (χ2n) is 4.72. The lowest BCUT2D eigenvalue weighted by molar-refractivity contribution is -0.112. The second kappa shape index (κ2) is 6.58. The number of carbonyl (C=O) groups is 2. The molecule has 0 fully saturated rings. The van der Waals surface area contributed by atoms with E-state index in [1.165, 1.54) is 25.3 Å². The van der Waals surface area contributed by atoms with Crippen molar-refractivity contribution in [2.24, 2.45) is 0 Å². The van der Waals surface area contributed by atoms with Crippen LogP contribution in [0.4, 0.5) is 5.69 Å². The molecule has 0 saturated heterocycles. The number of aliphatic hydroxyl groups is 1. The van der Waals surface area contributed by atoms with E-state index < -0.39 is 17.2 Å². The van der Waals surface area contributed by atoms with Crippen LogP contribution in [0.1, 0.15) is 28.6 Å². The minimum Gasteiger partial charge on any atom is -0.506 e. The molecule has 1 aromatic carbocycles. The fraction of sp³-hybridized carbons (Fsp3) is 0.125. The Morgan fingerprint density at radius 3 is 2.43 bits per heavy atom. The highest BCUT2D eigenvalue weighted by atomic mass is 16.5. The van der Waals surface area contributed by atoms with E-state index in [4.69, 9.17) is 9.78 Å². The molecule has 116 valence electrons. The first-order valence-electron chi connectivity index (χ1n) is 6.61. The van der Waals surface area contributed by atoms with Crippen LogP contribution in [0.25, 0.3) is 5.76 Å². The number of Topliss-reactive ketones (excluding diaryl/α,β-unsaturated/α-hetero) is 1. The van der Waals surface area contributed by atoms with Crippen molar-refractivity contribution in [2.75, 3.05) is 5.32 Å². The molecular formula is C16H13N3O4. The van der Waals surface area contributed by atoms with Crippen molar-refractivity contribution < 1.29 is 19.2 Å². The summed E-state index contributed by atoms with van der Waals surface area (Å²) in [6, 6.07) is 7.83. The van der Waals surface area contributed by atoms with Gasteiger partial charge in [-0.25, -0.2) is 0 Å². The molecule has 0 radical (unpaired) electrons. The standard InChI is InChI=1S/C16H13N3O4/c1-9(20)11-3-5-12(6-4-11)19-16(22)13(7-17)15(21)14-8-18-23-10(14)2/h3-6,8,21H,1-2H3,(H,19,22). The third kappa shape index (κ3) is 3.44. The third-order valence-corrected chi connectivity index (χ3v) is 3.13. The first-order chi connectivity index (χ1) is 10.9. The quantitative estimate of drug-likeness (QED) is 0.388. The number of aryl methyl sites for hydroxylation is 1. The molecule has 0 unspecified atom stereocenters. The number of rotatable bonds is 4. The number of hydrogen-bond acceptors (Lipinski definition) is 6. The average Bonchev–Trinajstić information content (AvgIpc) is 2.94. The predicted octanol–water partition coefficient (Wildman–Crippen LogP) is 2.62. The minimum atomic E-state index is -0.777. The molecule has 0 atom stereocenters. The van der Waals surface area contributed by atoms with Crippen LogP contribution < -0.4 is 5.32 Å². The molecule has 0 bridgehead atoms. The number of nitrogens with zero attached hydrogens (tertiary/aromatic N) is 2. The Balaban J connectivity index is 2.26. The number of hydrogen-bond donors (Lipinski definition) is 2. The summed E-state index contributed by atoms with van der Waals surface area (Å²) in [6.07, 6.45) is 1.22. The maximum Gasteiger partial charge on any atom is 0.270 e. The van der Waals surface area contributed by atoms with Crippen LogP contribution in [0.15, 0.2) is 40.6 Å². The van der Waals surface area contributed by atoms with Gasteiger partial charge >= 0.3 is 0 Å². The van der Waals surface area contributed by atoms with Crippen LogP contribution in [0.2, 0.25) is 0 Å². The van der Waals surface area contributed by atoms with Gasteiger partial charge in [0.25, 0.3) is 5.91 Å². The topological polar surface area (TPSA) is 116 Å². The number of amides is 1. The summed E-state index contributed by atoms with van der Waals surface area (Å²) < 4.78 is 4.80. The van der Waals surface area contributed by atoms with Crippen LogP contribution >= 0.6 is 0 Å². The molecule has 0 aliphatic carbocycles. The van der Waals surface area contributed by atoms with Crippen molar-refractivity contribution in [1.29, 1.82) is 5.26 Å². The predicted molar refractivity (Wildman–Crippen MR) is 81.5 cm³/mol. The van der Waals surface area contributed by atoms with Crippen molar-refractivity contribution in [3.8, 4) is 6.07 Å². The molecule has 1 heterocycles. The van der Waals surface area contributed by atoms with Crippen LogP contribution in [0.3, 0.4) is 0 Å². The van der Waals surface area contributed by atoms with Gasteiger partial charge in [0.15, 0.2) is 17.1 Å². The maximum atomic E-state index is 12.1. The maximum absolute atomic E-state index is 12.1. The van der Waals surface area contributed by atoms with Crippen molar-refractivity contribution in [1.82, 2.24) is 5.16 Å². The number of carbonyl (C=O) groups excluding carboxylic acids is 2. The molecule has 23 heavy (non-hydrogen) atoms. The van der Waals surface area contributed by atoms with Crippen molar-refractivity contribution >= 4 is 23.1 Å². The van der Waals surface area contributed by atoms with Gasteiger partial charge in [-0.15, -0.1) is 0 Å². The Hall–Kier alpha value is -3.40. The van der Waals surface area contributed by atoms with Crippen LogP contribution in [-0.2, 0) is 4.79 Å². The first kappa shape index (κ1) is 16.0. The summed E-state index contributed by atoms with van der Waals surface area (Å²) in [5.41, 5.74) is 0.597. The van der Waals surface area contributed by atoms with E-state index in [1.54, 1.807) is 25.1 Å². The Kier molecular flexibility index (Phi) is 4.57. The molecule has 2 rings (SSSR count). The van der Waals surface area contributed by atoms with Crippen LogP contribution in [0.5, 0.6) is 0 Å². The smallest absolute Gasteiger partial charge is 0.270 e. The Morgan fingerprint density at radius 2 is 1.96 bits per heavy atom. The van der Waals surface area contributed by atoms with E-state index in [1.807, 2.05) is 0 Å². The first-order valence-corrected chi connectivity index (χ1v) is 6.61. The lowest BCUT2D eigenvalue weighted by Gasteiger charge is -2.06. The van der Waals surface area contributed by atoms with Gasteiger partial charge in [0.2, 0.25) is 0 Å². The molecule has 0 spiro atoms. The van der Waals surface area contributed by atoms with E-state index in [0.29, 0.717) is 11.3 Å². The van der Waals surface area contributed by atoms with Crippen molar-refractivity contribution in [3.05, 3.63) is 52.9 Å². The third-order valence-electron chi connectivity index (χ3n) is 3.13. The monoisotopic (exact) mass is 311 g/mol. The highest BCUT2D eigenvalue weighted by molar-refractivity contribution is 6.11. The molecule has 7 nitrogen and oxygen atoms in total. The number of nitrogens with one attached hydrogen (secondary N) is 1. The van der Waals surface area contributed by atoms with Gasteiger partial charge in [0.1, 0.15) is 11.8 Å². The SMILES string of the molecule is CC(=O)c1ccc(NC(=O)C(C#N)=C(O)c2cnoc2C)cc1. The van der Waals surface area contributed by atoms with E-state index >= 15 is 0 Å². The van der Waals surface area contributed by atoms with E-state index in [-0.39, 0.29) is 17.1 Å². The zero-order valence-electron chi connectivity index (χ0n) is 12.5. The molecule has 0 aliphatic rings. The molecule has 7 heteroatoms. The fourth-order valence-corrected chi connectivity index (χ4v) is 1.85. The Labute approximate surface area is 131 Å². The highest BCUT2D eigenvalue weighted by Gasteiger charge is 2.20. The van der Waals surface area contributed by atoms with E-state index in [0.717, 1.165) is 0 Å². The Morgan fingerprint density at radius 1 is 1.30 bits per heavy atom. The largest absolute Gasteiger partial charge is 0.506 e. The minimum absolute atomic E-state index is 0.0962. The van der Waals surface area contributed by atoms with Gasteiger partial charge in [-0.3, -0.25) is 9.59 Å². The molecule has 1 aromatic heterocycles. The summed E-state index contributed by atoms with van der Waals surface area (Å²) in [7, 11) is 0. The summed E-state index contributed by atoms with van der Waals surface area (Å²) in [5.74, 6) is -1.10. The van der Waals surface area contributed by atoms with Gasteiger partial charge in [0.05, 0.1) is 11.8 Å². The number of aromatic nitrogens is 1. The van der Waals surface area contributed by atoms with Crippen molar-refractivity contribution in [3.63, 3.8) is 0 Å². The van der Waals surface area contributed by atoms with E-state index in [9.17, 15) is 14.7 Å². The van der Waals surface area contributed by atoms with Gasteiger partial charge in [-0.2, -0.15) is 5.26 Å². The van der Waals surface area contributed by atoms with E-state index in [2.05, 4.69) is 10.5 Å². The Bertz CT molecular complexity index is 826. The lowest BCUT2D eigenvalue weighted by atomic mass is 10.1. The molecule has 1 amide bonds. The molecule has 0 aliphatic heterocycles. The summed E-state index contributed by atoms with van der Waals surface area (Å²) in [5, 5.41) is 25.2.